The summed E-state index contributed by atoms with van der Waals surface area (Å²) < 4.78 is 7.44. The van der Waals surface area contributed by atoms with E-state index in [1.165, 1.54) is 0 Å². The first-order chi connectivity index (χ1) is 10.3. The van der Waals surface area contributed by atoms with Gasteiger partial charge < -0.3 is 14.6 Å². The topological polar surface area (TPSA) is 69.0 Å². The summed E-state index contributed by atoms with van der Waals surface area (Å²) in [6.07, 6.45) is 2.07. The monoisotopic (exact) mass is 286 g/mol. The molecule has 1 aromatic heterocycles. The minimum Gasteiger partial charge on any atom is -0.494 e. The molecule has 0 aliphatic carbocycles. The zero-order valence-corrected chi connectivity index (χ0v) is 12.0. The normalized spacial score (nSPS) is 13.0. The summed E-state index contributed by atoms with van der Waals surface area (Å²) in [6.45, 7) is 3.89. The average Bonchev–Trinajstić information content (AvgIpc) is 3.09. The zero-order valence-electron chi connectivity index (χ0n) is 12.0. The molecule has 3 rings (SSSR count). The van der Waals surface area contributed by atoms with Gasteiger partial charge in [0.15, 0.2) is 5.82 Å². The van der Waals surface area contributed by atoms with Crippen molar-refractivity contribution in [3.63, 3.8) is 0 Å². The van der Waals surface area contributed by atoms with E-state index in [1.54, 1.807) is 24.3 Å². The number of benzene rings is 1. The van der Waals surface area contributed by atoms with E-state index in [2.05, 4.69) is 20.1 Å². The molecule has 0 unspecified atom stereocenters. The van der Waals surface area contributed by atoms with Crippen molar-refractivity contribution in [1.29, 1.82) is 0 Å². The predicted molar refractivity (Wildman–Crippen MR) is 77.1 cm³/mol. The number of amides is 1. The number of rotatable bonds is 5. The minimum atomic E-state index is -0.117. The molecule has 2 heterocycles. The molecule has 1 N–H and O–H groups in total. The van der Waals surface area contributed by atoms with Crippen LogP contribution in [-0.4, -0.2) is 27.3 Å². The molecule has 21 heavy (non-hydrogen) atoms. The molecule has 1 aromatic carbocycles. The molecule has 0 spiro atoms. The second-order valence-corrected chi connectivity index (χ2v) is 4.93. The third kappa shape index (κ3) is 2.89. The summed E-state index contributed by atoms with van der Waals surface area (Å²) in [5, 5.41) is 11.1. The van der Waals surface area contributed by atoms with E-state index in [0.29, 0.717) is 18.7 Å². The Bertz CT molecular complexity index is 634. The third-order valence-electron chi connectivity index (χ3n) is 3.52. The van der Waals surface area contributed by atoms with Crippen LogP contribution in [0.4, 0.5) is 0 Å². The highest BCUT2D eigenvalue weighted by Crippen LogP contribution is 2.14. The molecule has 1 aliphatic rings. The standard InChI is InChI=1S/C15H18N4O2/c1-2-21-12-7-5-11(6-8-12)15(20)16-10-14-18-17-13-4-3-9-19(13)14/h5-8H,2-4,9-10H2,1H3,(H,16,20). The Morgan fingerprint density at radius 2 is 2.14 bits per heavy atom. The largest absolute Gasteiger partial charge is 0.494 e. The summed E-state index contributed by atoms with van der Waals surface area (Å²) in [6, 6.07) is 7.11. The van der Waals surface area contributed by atoms with Crippen molar-refractivity contribution in [1.82, 2.24) is 20.1 Å². The molecular weight excluding hydrogens is 268 g/mol. The van der Waals surface area contributed by atoms with E-state index in [4.69, 9.17) is 4.74 Å². The summed E-state index contributed by atoms with van der Waals surface area (Å²) >= 11 is 0. The smallest absolute Gasteiger partial charge is 0.251 e. The fourth-order valence-electron chi connectivity index (χ4n) is 2.47. The van der Waals surface area contributed by atoms with Gasteiger partial charge in [0.2, 0.25) is 0 Å². The maximum atomic E-state index is 12.1. The van der Waals surface area contributed by atoms with Crippen molar-refractivity contribution >= 4 is 5.91 Å². The van der Waals surface area contributed by atoms with Crippen molar-refractivity contribution < 1.29 is 9.53 Å². The van der Waals surface area contributed by atoms with Crippen LogP contribution in [0.1, 0.15) is 35.4 Å². The van der Waals surface area contributed by atoms with E-state index in [9.17, 15) is 4.79 Å². The summed E-state index contributed by atoms with van der Waals surface area (Å²) in [7, 11) is 0. The first-order valence-electron chi connectivity index (χ1n) is 7.20. The second-order valence-electron chi connectivity index (χ2n) is 4.93. The van der Waals surface area contributed by atoms with Crippen LogP contribution in [0, 0.1) is 0 Å². The number of aryl methyl sites for hydroxylation is 1. The number of nitrogens with one attached hydrogen (secondary N) is 1. The van der Waals surface area contributed by atoms with Crippen LogP contribution in [0.2, 0.25) is 0 Å². The van der Waals surface area contributed by atoms with Crippen molar-refractivity contribution in [2.24, 2.45) is 0 Å². The first-order valence-corrected chi connectivity index (χ1v) is 7.20. The van der Waals surface area contributed by atoms with Crippen LogP contribution in [0.5, 0.6) is 5.75 Å². The lowest BCUT2D eigenvalue weighted by Gasteiger charge is -2.07. The molecule has 1 aliphatic heterocycles. The molecule has 6 nitrogen and oxygen atoms in total. The number of carbonyl (C=O) groups excluding carboxylic acids is 1. The highest BCUT2D eigenvalue weighted by molar-refractivity contribution is 5.94. The van der Waals surface area contributed by atoms with Crippen molar-refractivity contribution in [2.75, 3.05) is 6.61 Å². The van der Waals surface area contributed by atoms with E-state index >= 15 is 0 Å². The van der Waals surface area contributed by atoms with Crippen molar-refractivity contribution in [3.05, 3.63) is 41.5 Å². The molecule has 2 aromatic rings. The number of aromatic nitrogens is 3. The van der Waals surface area contributed by atoms with Gasteiger partial charge in [-0.05, 0) is 37.6 Å². The Morgan fingerprint density at radius 3 is 2.90 bits per heavy atom. The number of hydrogen-bond donors (Lipinski definition) is 1. The lowest BCUT2D eigenvalue weighted by molar-refractivity contribution is 0.0949. The maximum absolute atomic E-state index is 12.1. The van der Waals surface area contributed by atoms with Crippen molar-refractivity contribution in [2.45, 2.75) is 32.9 Å². The van der Waals surface area contributed by atoms with Gasteiger partial charge in [0, 0.05) is 18.5 Å². The molecule has 0 bridgehead atoms. The summed E-state index contributed by atoms with van der Waals surface area (Å²) in [5.41, 5.74) is 0.611. The lowest BCUT2D eigenvalue weighted by Crippen LogP contribution is -2.24. The van der Waals surface area contributed by atoms with E-state index in [0.717, 1.165) is 36.8 Å². The van der Waals surface area contributed by atoms with E-state index in [-0.39, 0.29) is 5.91 Å². The first kappa shape index (κ1) is 13.6. The van der Waals surface area contributed by atoms with E-state index < -0.39 is 0 Å². The molecule has 0 saturated carbocycles. The maximum Gasteiger partial charge on any atom is 0.251 e. The molecule has 6 heteroatoms. The average molecular weight is 286 g/mol. The van der Waals surface area contributed by atoms with Gasteiger partial charge >= 0.3 is 0 Å². The Labute approximate surface area is 123 Å². The highest BCUT2D eigenvalue weighted by Gasteiger charge is 2.17. The fourth-order valence-corrected chi connectivity index (χ4v) is 2.47. The molecule has 0 atom stereocenters. The van der Waals surface area contributed by atoms with Gasteiger partial charge in [-0.1, -0.05) is 0 Å². The molecule has 0 radical (unpaired) electrons. The van der Waals surface area contributed by atoms with Crippen LogP contribution in [0.15, 0.2) is 24.3 Å². The van der Waals surface area contributed by atoms with Crippen LogP contribution in [0.3, 0.4) is 0 Å². The molecular formula is C15H18N4O2. The molecule has 0 saturated heterocycles. The third-order valence-corrected chi connectivity index (χ3v) is 3.52. The van der Waals surface area contributed by atoms with E-state index in [1.807, 2.05) is 6.92 Å². The summed E-state index contributed by atoms with van der Waals surface area (Å²) in [5.74, 6) is 2.49. The molecule has 110 valence electrons. The SMILES string of the molecule is CCOc1ccc(C(=O)NCc2nnc3n2CCC3)cc1. The lowest BCUT2D eigenvalue weighted by atomic mass is 10.2. The van der Waals surface area contributed by atoms with Crippen molar-refractivity contribution in [3.8, 4) is 5.75 Å². The van der Waals surface area contributed by atoms with Crippen LogP contribution < -0.4 is 10.1 Å². The van der Waals surface area contributed by atoms with Gasteiger partial charge in [-0.25, -0.2) is 0 Å². The van der Waals surface area contributed by atoms with Crippen LogP contribution in [0.25, 0.3) is 0 Å². The minimum absolute atomic E-state index is 0.117. The Hall–Kier alpha value is -2.37. The van der Waals surface area contributed by atoms with Crippen LogP contribution >= 0.6 is 0 Å². The second kappa shape index (κ2) is 5.95. The van der Waals surface area contributed by atoms with Crippen LogP contribution in [-0.2, 0) is 19.5 Å². The zero-order chi connectivity index (χ0) is 14.7. The summed E-state index contributed by atoms with van der Waals surface area (Å²) in [4.78, 5) is 12.1. The fraction of sp³-hybridized carbons (Fsp3) is 0.400. The van der Waals surface area contributed by atoms with Gasteiger partial charge in [0.25, 0.3) is 5.91 Å². The number of hydrogen-bond acceptors (Lipinski definition) is 4. The Kier molecular flexibility index (Phi) is 3.85. The Morgan fingerprint density at radius 1 is 1.33 bits per heavy atom. The molecule has 1 amide bonds. The Balaban J connectivity index is 1.61. The number of ether oxygens (including phenoxy) is 1. The number of fused-ring (bicyclic) bond motifs is 1. The number of carbonyl (C=O) groups is 1. The predicted octanol–water partition coefficient (Wildman–Crippen LogP) is 1.55. The van der Waals surface area contributed by atoms with Gasteiger partial charge in [0.1, 0.15) is 11.6 Å². The highest BCUT2D eigenvalue weighted by atomic mass is 16.5. The van der Waals surface area contributed by atoms with Gasteiger partial charge in [0.05, 0.1) is 13.2 Å². The number of nitrogens with zero attached hydrogens (tertiary/aromatic N) is 3. The molecule has 0 fully saturated rings. The van der Waals surface area contributed by atoms with Gasteiger partial charge in [-0.2, -0.15) is 0 Å². The quantitative estimate of drug-likeness (QED) is 0.905. The van der Waals surface area contributed by atoms with Gasteiger partial charge in [-0.3, -0.25) is 4.79 Å². The van der Waals surface area contributed by atoms with Gasteiger partial charge in [-0.15, -0.1) is 10.2 Å².